The number of non-ortho nitro benzene ring substituents is 1. The number of carbonyl (C=O) groups is 1. The van der Waals surface area contributed by atoms with Crippen LogP contribution in [0, 0.1) is 15.9 Å². The molecule has 7 heteroatoms. The fraction of sp³-hybridized carbons (Fsp3) is 0. The molecule has 6 nitrogen and oxygen atoms in total. The second-order valence-corrected chi connectivity index (χ2v) is 4.80. The van der Waals surface area contributed by atoms with Gasteiger partial charge in [0, 0.05) is 17.7 Å². The molecule has 1 N–H and O–H groups in total. The Labute approximate surface area is 130 Å². The number of nitro benzene ring substituents is 1. The lowest BCUT2D eigenvalue weighted by atomic mass is 10.2. The molecule has 0 saturated heterocycles. The third-order valence-corrected chi connectivity index (χ3v) is 3.20. The summed E-state index contributed by atoms with van der Waals surface area (Å²) in [6.45, 7) is 0. The Morgan fingerprint density at radius 1 is 1.17 bits per heavy atom. The Kier molecular flexibility index (Phi) is 3.68. The highest BCUT2D eigenvalue weighted by Gasteiger charge is 2.22. The third kappa shape index (κ3) is 3.13. The molecule has 0 fully saturated rings. The van der Waals surface area contributed by atoms with Gasteiger partial charge in [0.25, 0.3) is 11.6 Å². The standard InChI is InChI=1S/C16H10FN3O3/c17-12-6-4-10(5-7-12)8-14-16(21)19-15(18-14)11-2-1-3-13(9-11)20(22)23/h1-9H,(H,18,19,21)/b14-8-. The summed E-state index contributed by atoms with van der Waals surface area (Å²) in [7, 11) is 0. The van der Waals surface area contributed by atoms with Gasteiger partial charge in [-0.15, -0.1) is 0 Å². The van der Waals surface area contributed by atoms with Gasteiger partial charge in [0.2, 0.25) is 0 Å². The predicted molar refractivity (Wildman–Crippen MR) is 82.2 cm³/mol. The lowest BCUT2D eigenvalue weighted by molar-refractivity contribution is -0.384. The van der Waals surface area contributed by atoms with E-state index in [-0.39, 0.29) is 23.0 Å². The average molecular weight is 311 g/mol. The smallest absolute Gasteiger partial charge is 0.275 e. The molecule has 1 amide bonds. The second kappa shape index (κ2) is 5.80. The van der Waals surface area contributed by atoms with Gasteiger partial charge in [-0.3, -0.25) is 14.9 Å². The molecule has 0 unspecified atom stereocenters. The number of hydrogen-bond donors (Lipinski definition) is 1. The number of nitro groups is 1. The highest BCUT2D eigenvalue weighted by Crippen LogP contribution is 2.18. The molecule has 1 aliphatic rings. The van der Waals surface area contributed by atoms with Crippen molar-refractivity contribution < 1.29 is 14.1 Å². The van der Waals surface area contributed by atoms with Gasteiger partial charge in [-0.2, -0.15) is 0 Å². The number of nitrogens with zero attached hydrogens (tertiary/aromatic N) is 2. The van der Waals surface area contributed by atoms with E-state index in [0.717, 1.165) is 0 Å². The molecule has 3 rings (SSSR count). The quantitative estimate of drug-likeness (QED) is 0.537. The second-order valence-electron chi connectivity index (χ2n) is 4.80. The molecule has 0 saturated carbocycles. The summed E-state index contributed by atoms with van der Waals surface area (Å²) >= 11 is 0. The van der Waals surface area contributed by atoms with E-state index >= 15 is 0 Å². The van der Waals surface area contributed by atoms with Crippen molar-refractivity contribution >= 4 is 23.5 Å². The van der Waals surface area contributed by atoms with Gasteiger partial charge in [-0.1, -0.05) is 24.3 Å². The van der Waals surface area contributed by atoms with Gasteiger partial charge in [0.05, 0.1) is 4.92 Å². The van der Waals surface area contributed by atoms with Crippen molar-refractivity contribution in [3.8, 4) is 0 Å². The summed E-state index contributed by atoms with van der Waals surface area (Å²) in [5, 5.41) is 13.4. The number of aliphatic imine (C=N–C) groups is 1. The van der Waals surface area contributed by atoms with E-state index in [9.17, 15) is 19.3 Å². The number of benzene rings is 2. The van der Waals surface area contributed by atoms with Gasteiger partial charge < -0.3 is 5.32 Å². The van der Waals surface area contributed by atoms with Crippen LogP contribution in [0.1, 0.15) is 11.1 Å². The van der Waals surface area contributed by atoms with Crippen LogP contribution in [-0.4, -0.2) is 16.7 Å². The van der Waals surface area contributed by atoms with Gasteiger partial charge in [-0.25, -0.2) is 9.38 Å². The molecule has 23 heavy (non-hydrogen) atoms. The first kappa shape index (κ1) is 14.6. The number of carbonyl (C=O) groups excluding carboxylic acids is 1. The number of amidine groups is 1. The number of hydrogen-bond acceptors (Lipinski definition) is 4. The van der Waals surface area contributed by atoms with Crippen LogP contribution in [0.2, 0.25) is 0 Å². The molecule has 0 aromatic heterocycles. The van der Waals surface area contributed by atoms with Crippen molar-refractivity contribution in [1.29, 1.82) is 0 Å². The van der Waals surface area contributed by atoms with Crippen LogP contribution in [-0.2, 0) is 4.79 Å². The Hall–Kier alpha value is -3.35. The molecule has 1 aliphatic heterocycles. The van der Waals surface area contributed by atoms with Gasteiger partial charge in [0.15, 0.2) is 0 Å². The van der Waals surface area contributed by atoms with Gasteiger partial charge >= 0.3 is 0 Å². The molecule has 0 radical (unpaired) electrons. The van der Waals surface area contributed by atoms with Crippen LogP contribution >= 0.6 is 0 Å². The van der Waals surface area contributed by atoms with Crippen molar-refractivity contribution in [2.45, 2.75) is 0 Å². The summed E-state index contributed by atoms with van der Waals surface area (Å²) in [5.74, 6) is -0.549. The minimum Gasteiger partial charge on any atom is -0.305 e. The Morgan fingerprint density at radius 2 is 1.91 bits per heavy atom. The summed E-state index contributed by atoms with van der Waals surface area (Å²) < 4.78 is 12.9. The first-order valence-electron chi connectivity index (χ1n) is 6.65. The summed E-state index contributed by atoms with van der Waals surface area (Å²) in [5.41, 5.74) is 1.13. The number of rotatable bonds is 3. The fourth-order valence-corrected chi connectivity index (χ4v) is 2.09. The SMILES string of the molecule is O=C1NC(c2cccc([N+](=O)[O-])c2)=N/C1=C\c1ccc(F)cc1. The molecule has 0 aliphatic carbocycles. The van der Waals surface area contributed by atoms with E-state index in [1.54, 1.807) is 6.07 Å². The van der Waals surface area contributed by atoms with Crippen LogP contribution in [0.3, 0.4) is 0 Å². The van der Waals surface area contributed by atoms with E-state index in [0.29, 0.717) is 11.1 Å². The molecule has 0 spiro atoms. The zero-order valence-electron chi connectivity index (χ0n) is 11.7. The number of halogens is 1. The Bertz CT molecular complexity index is 857. The maximum absolute atomic E-state index is 12.9. The summed E-state index contributed by atoms with van der Waals surface area (Å²) in [6, 6.07) is 11.4. The fourth-order valence-electron chi connectivity index (χ4n) is 2.09. The van der Waals surface area contributed by atoms with Crippen LogP contribution in [0.15, 0.2) is 59.2 Å². The maximum Gasteiger partial charge on any atom is 0.275 e. The van der Waals surface area contributed by atoms with Crippen molar-refractivity contribution in [2.75, 3.05) is 0 Å². The monoisotopic (exact) mass is 311 g/mol. The van der Waals surface area contributed by atoms with Gasteiger partial charge in [0.1, 0.15) is 17.3 Å². The largest absolute Gasteiger partial charge is 0.305 e. The van der Waals surface area contributed by atoms with E-state index in [4.69, 9.17) is 0 Å². The zero-order chi connectivity index (χ0) is 16.4. The van der Waals surface area contributed by atoms with E-state index in [1.807, 2.05) is 0 Å². The summed E-state index contributed by atoms with van der Waals surface area (Å²) in [6.07, 6.45) is 1.51. The van der Waals surface area contributed by atoms with Crippen LogP contribution in [0.5, 0.6) is 0 Å². The van der Waals surface area contributed by atoms with Crippen LogP contribution in [0.4, 0.5) is 10.1 Å². The third-order valence-electron chi connectivity index (χ3n) is 3.20. The lowest BCUT2D eigenvalue weighted by Gasteiger charge is -1.99. The zero-order valence-corrected chi connectivity index (χ0v) is 11.7. The van der Waals surface area contributed by atoms with Crippen molar-refractivity contribution in [3.05, 3.63) is 81.3 Å². The molecule has 2 aromatic carbocycles. The van der Waals surface area contributed by atoms with Crippen LogP contribution in [0.25, 0.3) is 6.08 Å². The van der Waals surface area contributed by atoms with Crippen molar-refractivity contribution in [1.82, 2.24) is 5.32 Å². The van der Waals surface area contributed by atoms with Gasteiger partial charge in [-0.05, 0) is 23.8 Å². The van der Waals surface area contributed by atoms with Crippen molar-refractivity contribution in [3.63, 3.8) is 0 Å². The first-order chi connectivity index (χ1) is 11.0. The predicted octanol–water partition coefficient (Wildman–Crippen LogP) is 2.65. The summed E-state index contributed by atoms with van der Waals surface area (Å²) in [4.78, 5) is 26.4. The van der Waals surface area contributed by atoms with E-state index in [2.05, 4.69) is 10.3 Å². The minimum absolute atomic E-state index is 0.0876. The molecule has 1 heterocycles. The van der Waals surface area contributed by atoms with E-state index < -0.39 is 10.8 Å². The molecule has 114 valence electrons. The molecular formula is C16H10FN3O3. The molecule has 0 atom stereocenters. The first-order valence-corrected chi connectivity index (χ1v) is 6.65. The maximum atomic E-state index is 12.9. The lowest BCUT2D eigenvalue weighted by Crippen LogP contribution is -2.24. The van der Waals surface area contributed by atoms with Crippen molar-refractivity contribution in [2.24, 2.45) is 4.99 Å². The topological polar surface area (TPSA) is 84.6 Å². The Morgan fingerprint density at radius 3 is 2.61 bits per heavy atom. The number of nitrogens with one attached hydrogen (secondary N) is 1. The van der Waals surface area contributed by atoms with E-state index in [1.165, 1.54) is 48.5 Å². The highest BCUT2D eigenvalue weighted by atomic mass is 19.1. The number of amides is 1. The normalized spacial score (nSPS) is 15.4. The average Bonchev–Trinajstić information content (AvgIpc) is 2.91. The molecule has 0 bridgehead atoms. The Balaban J connectivity index is 1.93. The highest BCUT2D eigenvalue weighted by molar-refractivity contribution is 6.19. The molecule has 2 aromatic rings. The minimum atomic E-state index is -0.518. The molecular weight excluding hydrogens is 301 g/mol. The van der Waals surface area contributed by atoms with Crippen LogP contribution < -0.4 is 5.32 Å².